The molecule has 2 bridgehead atoms. The number of rotatable bonds is 10. The van der Waals surface area contributed by atoms with E-state index in [4.69, 9.17) is 4.74 Å². The van der Waals surface area contributed by atoms with Crippen molar-refractivity contribution in [2.24, 2.45) is 5.92 Å². The van der Waals surface area contributed by atoms with E-state index in [-0.39, 0.29) is 12.0 Å². The Hall–Kier alpha value is -3.48. The molecule has 3 aromatic carbocycles. The molecule has 0 spiro atoms. The van der Waals surface area contributed by atoms with Crippen LogP contribution in [0.1, 0.15) is 36.0 Å². The minimum Gasteiger partial charge on any atom is -0.453 e. The number of ether oxygens (including phenoxy) is 1. The van der Waals surface area contributed by atoms with Gasteiger partial charge in [0.05, 0.1) is 26.2 Å². The molecule has 0 aromatic heterocycles. The maximum absolute atomic E-state index is 13.7. The van der Waals surface area contributed by atoms with Crippen LogP contribution in [0.4, 0.5) is 0 Å². The van der Waals surface area contributed by atoms with Crippen molar-refractivity contribution in [1.29, 1.82) is 0 Å². The van der Waals surface area contributed by atoms with Gasteiger partial charge in [0.1, 0.15) is 6.54 Å². The molecule has 3 fully saturated rings. The average Bonchev–Trinajstić information content (AvgIpc) is 2.97. The summed E-state index contributed by atoms with van der Waals surface area (Å²) in [4.78, 5) is 26.1. The first-order chi connectivity index (χ1) is 18.5. The predicted molar refractivity (Wildman–Crippen MR) is 146 cm³/mol. The van der Waals surface area contributed by atoms with Crippen LogP contribution in [0.25, 0.3) is 0 Å². The largest absolute Gasteiger partial charge is 0.453 e. The highest BCUT2D eigenvalue weighted by Crippen LogP contribution is 2.38. The van der Waals surface area contributed by atoms with Crippen molar-refractivity contribution in [2.45, 2.75) is 37.4 Å². The minimum absolute atomic E-state index is 0.0673. The molecule has 3 aliphatic rings. The van der Waals surface area contributed by atoms with E-state index in [2.05, 4.69) is 5.32 Å². The lowest BCUT2D eigenvalue weighted by molar-refractivity contribution is -0.945. The summed E-state index contributed by atoms with van der Waals surface area (Å²) in [6.07, 6.45) is 2.92. The van der Waals surface area contributed by atoms with Crippen molar-refractivity contribution in [3.05, 3.63) is 108 Å². The van der Waals surface area contributed by atoms with Gasteiger partial charge >= 0.3 is 5.97 Å². The number of hydrogen-bond acceptors (Lipinski definition) is 4. The predicted octanol–water partition coefficient (Wildman–Crippen LogP) is 3.82. The van der Waals surface area contributed by atoms with Crippen molar-refractivity contribution >= 4 is 11.9 Å². The smallest absolute Gasteiger partial charge is 0.348 e. The molecule has 6 heteroatoms. The fourth-order valence-electron chi connectivity index (χ4n) is 6.08. The number of carbonyl (C=O) groups excluding carboxylic acids is 2. The summed E-state index contributed by atoms with van der Waals surface area (Å²) in [5.41, 5.74) is 0.295. The number of esters is 1. The third-order valence-electron chi connectivity index (χ3n) is 8.37. The zero-order valence-electron chi connectivity index (χ0n) is 21.8. The van der Waals surface area contributed by atoms with Crippen LogP contribution in [0.5, 0.6) is 0 Å². The lowest BCUT2D eigenvalue weighted by Crippen LogP contribution is -2.66. The van der Waals surface area contributed by atoms with E-state index in [1.165, 1.54) is 5.56 Å². The number of nitrogens with zero attached hydrogens (tertiary/aromatic N) is 1. The van der Waals surface area contributed by atoms with Crippen LogP contribution in [0.3, 0.4) is 0 Å². The van der Waals surface area contributed by atoms with Crippen molar-refractivity contribution in [3.63, 3.8) is 0 Å². The number of nitrogens with one attached hydrogen (secondary N) is 1. The van der Waals surface area contributed by atoms with Crippen LogP contribution in [0.2, 0.25) is 0 Å². The lowest BCUT2D eigenvalue weighted by atomic mass is 9.82. The first-order valence-electron chi connectivity index (χ1n) is 13.7. The third-order valence-corrected chi connectivity index (χ3v) is 8.37. The van der Waals surface area contributed by atoms with Crippen LogP contribution < -0.4 is 5.32 Å². The van der Waals surface area contributed by atoms with Crippen molar-refractivity contribution in [2.75, 3.05) is 32.7 Å². The first-order valence-corrected chi connectivity index (χ1v) is 13.7. The van der Waals surface area contributed by atoms with Crippen LogP contribution in [-0.4, -0.2) is 60.3 Å². The molecule has 3 aromatic rings. The van der Waals surface area contributed by atoms with E-state index in [0.29, 0.717) is 30.0 Å². The molecular weight excluding hydrogens is 476 g/mol. The Bertz CT molecular complexity index is 1170. The molecule has 1 amide bonds. The van der Waals surface area contributed by atoms with Gasteiger partial charge in [-0.15, -0.1) is 0 Å². The highest BCUT2D eigenvalue weighted by Gasteiger charge is 2.50. The van der Waals surface area contributed by atoms with Gasteiger partial charge < -0.3 is 19.6 Å². The average molecular weight is 514 g/mol. The molecular formula is C32H37N2O4+. The van der Waals surface area contributed by atoms with Crippen LogP contribution >= 0.6 is 0 Å². The molecule has 6 rings (SSSR count). The third kappa shape index (κ3) is 5.66. The van der Waals surface area contributed by atoms with Gasteiger partial charge in [0, 0.05) is 25.2 Å². The lowest BCUT2D eigenvalue weighted by Gasteiger charge is -2.52. The number of piperidine rings is 3. The molecule has 0 aliphatic carbocycles. The van der Waals surface area contributed by atoms with E-state index in [1.807, 2.05) is 66.7 Å². The molecule has 0 saturated carbocycles. The van der Waals surface area contributed by atoms with Gasteiger partial charge in [-0.25, -0.2) is 4.79 Å². The number of aryl methyl sites for hydroxylation is 1. The molecule has 0 radical (unpaired) electrons. The summed E-state index contributed by atoms with van der Waals surface area (Å²) in [5.74, 6) is -0.256. The maximum Gasteiger partial charge on any atom is 0.348 e. The number of amides is 1. The Morgan fingerprint density at radius 3 is 2.00 bits per heavy atom. The molecule has 3 saturated heterocycles. The Kier molecular flexibility index (Phi) is 7.91. The number of quaternary nitrogens is 1. The second kappa shape index (κ2) is 11.5. The Labute approximate surface area is 224 Å². The normalized spacial score (nSPS) is 22.6. The van der Waals surface area contributed by atoms with Gasteiger partial charge in [-0.05, 0) is 23.1 Å². The van der Waals surface area contributed by atoms with E-state index >= 15 is 0 Å². The summed E-state index contributed by atoms with van der Waals surface area (Å²) >= 11 is 0. The molecule has 198 valence electrons. The maximum atomic E-state index is 13.7. The van der Waals surface area contributed by atoms with Gasteiger partial charge in [0.2, 0.25) is 11.5 Å². The second-order valence-corrected chi connectivity index (χ2v) is 10.8. The monoisotopic (exact) mass is 513 g/mol. The van der Waals surface area contributed by atoms with Crippen molar-refractivity contribution in [1.82, 2.24) is 5.32 Å². The molecule has 2 N–H and O–H groups in total. The fourth-order valence-corrected chi connectivity index (χ4v) is 6.08. The van der Waals surface area contributed by atoms with E-state index in [0.717, 1.165) is 49.9 Å². The Morgan fingerprint density at radius 1 is 0.868 bits per heavy atom. The van der Waals surface area contributed by atoms with Crippen molar-refractivity contribution < 1.29 is 23.9 Å². The first kappa shape index (κ1) is 26.1. The SMILES string of the molecule is O=C(CCc1ccccc1)NCC[N+]12CCC(CC1)[C@@H](OC(=O)C(O)(c1ccccc1)c1ccccc1)C2. The van der Waals surface area contributed by atoms with Gasteiger partial charge in [-0.3, -0.25) is 4.79 Å². The van der Waals surface area contributed by atoms with E-state index in [9.17, 15) is 14.7 Å². The number of carbonyl (C=O) groups is 2. The number of benzene rings is 3. The molecule has 1 atom stereocenters. The van der Waals surface area contributed by atoms with Crippen LogP contribution in [0.15, 0.2) is 91.0 Å². The molecule has 38 heavy (non-hydrogen) atoms. The molecule has 3 heterocycles. The summed E-state index contributed by atoms with van der Waals surface area (Å²) in [6.45, 7) is 4.20. The van der Waals surface area contributed by atoms with Gasteiger partial charge in [-0.1, -0.05) is 91.0 Å². The van der Waals surface area contributed by atoms with Crippen LogP contribution in [-0.2, 0) is 26.3 Å². The number of aliphatic hydroxyl groups is 1. The zero-order valence-corrected chi connectivity index (χ0v) is 21.8. The topological polar surface area (TPSA) is 75.6 Å². The van der Waals surface area contributed by atoms with Gasteiger partial charge in [0.25, 0.3) is 0 Å². The molecule has 6 nitrogen and oxygen atoms in total. The zero-order chi connectivity index (χ0) is 26.4. The number of hydrogen-bond donors (Lipinski definition) is 2. The minimum atomic E-state index is -1.87. The van der Waals surface area contributed by atoms with Gasteiger partial charge in [-0.2, -0.15) is 0 Å². The van der Waals surface area contributed by atoms with Crippen LogP contribution in [0, 0.1) is 5.92 Å². The van der Waals surface area contributed by atoms with E-state index in [1.54, 1.807) is 24.3 Å². The summed E-state index contributed by atoms with van der Waals surface area (Å²) in [7, 11) is 0. The number of fused-ring (bicyclic) bond motifs is 3. The highest BCUT2D eigenvalue weighted by molar-refractivity contribution is 5.85. The highest BCUT2D eigenvalue weighted by atomic mass is 16.6. The summed E-state index contributed by atoms with van der Waals surface area (Å²) in [5, 5.41) is 14.9. The standard InChI is InChI=1S/C32H36N2O4/c35-30(17-16-25-10-4-1-5-11-25)33-20-23-34-21-18-26(19-22-34)29(24-34)38-31(36)32(37,27-12-6-2-7-13-27)28-14-8-3-9-15-28/h1-15,26,29,37H,16-24H2/p+1/t26?,29-,34?/m0/s1. The van der Waals surface area contributed by atoms with Gasteiger partial charge in [0.15, 0.2) is 6.10 Å². The second-order valence-electron chi connectivity index (χ2n) is 10.8. The Morgan fingerprint density at radius 2 is 1.42 bits per heavy atom. The molecule has 3 aliphatic heterocycles. The Balaban J connectivity index is 1.21. The summed E-state index contributed by atoms with van der Waals surface area (Å²) < 4.78 is 6.98. The fraction of sp³-hybridized carbons (Fsp3) is 0.375. The quantitative estimate of drug-likeness (QED) is 0.319. The molecule has 0 unspecified atom stereocenters. The van der Waals surface area contributed by atoms with E-state index < -0.39 is 11.6 Å². The summed E-state index contributed by atoms with van der Waals surface area (Å²) in [6, 6.07) is 28.1. The van der Waals surface area contributed by atoms with Crippen molar-refractivity contribution in [3.8, 4) is 0 Å².